The van der Waals surface area contributed by atoms with Gasteiger partial charge in [-0.1, -0.05) is 18.5 Å². The fourth-order valence-corrected chi connectivity index (χ4v) is 1.50. The van der Waals surface area contributed by atoms with Crippen molar-refractivity contribution in [3.05, 3.63) is 17.4 Å². The van der Waals surface area contributed by atoms with Crippen molar-refractivity contribution in [2.45, 2.75) is 39.3 Å². The summed E-state index contributed by atoms with van der Waals surface area (Å²) in [4.78, 5) is 11.8. The minimum absolute atomic E-state index is 0.0210. The van der Waals surface area contributed by atoms with Gasteiger partial charge in [-0.2, -0.15) is 5.10 Å². The lowest BCUT2D eigenvalue weighted by Gasteiger charge is -2.17. The summed E-state index contributed by atoms with van der Waals surface area (Å²) in [7, 11) is 0. The van der Waals surface area contributed by atoms with E-state index in [9.17, 15) is 4.79 Å². The van der Waals surface area contributed by atoms with E-state index in [0.29, 0.717) is 11.4 Å². The van der Waals surface area contributed by atoms with Crippen LogP contribution in [0.15, 0.2) is 12.4 Å². The van der Waals surface area contributed by atoms with Crippen LogP contribution in [0.1, 0.15) is 33.2 Å². The molecule has 84 valence electrons. The van der Waals surface area contributed by atoms with Crippen molar-refractivity contribution < 1.29 is 4.79 Å². The lowest BCUT2D eigenvalue weighted by Crippen LogP contribution is -2.36. The summed E-state index contributed by atoms with van der Waals surface area (Å²) in [5, 5.41) is 7.44. The first-order chi connectivity index (χ1) is 7.04. The molecule has 0 bridgehead atoms. The molecule has 1 N–H and O–H groups in total. The summed E-state index contributed by atoms with van der Waals surface area (Å²) in [6, 6.07) is -0.141. The van der Waals surface area contributed by atoms with E-state index in [2.05, 4.69) is 10.4 Å². The summed E-state index contributed by atoms with van der Waals surface area (Å²) >= 11 is 5.76. The van der Waals surface area contributed by atoms with Gasteiger partial charge < -0.3 is 5.32 Å². The average Bonchev–Trinajstić information content (AvgIpc) is 2.51. The van der Waals surface area contributed by atoms with Crippen LogP contribution in [0.3, 0.4) is 0 Å². The molecular formula is C10H16ClN3O. The van der Waals surface area contributed by atoms with Gasteiger partial charge in [-0.05, 0) is 20.3 Å². The van der Waals surface area contributed by atoms with Crippen molar-refractivity contribution >= 4 is 17.5 Å². The predicted molar refractivity (Wildman–Crippen MR) is 59.8 cm³/mol. The Labute approximate surface area is 94.6 Å². The highest BCUT2D eigenvalue weighted by atomic mass is 35.5. The second-order valence-corrected chi connectivity index (χ2v) is 4.16. The molecule has 1 atom stereocenters. The molecule has 4 nitrogen and oxygen atoms in total. The molecule has 1 aromatic heterocycles. The summed E-state index contributed by atoms with van der Waals surface area (Å²) in [5.41, 5.74) is 0. The zero-order valence-electron chi connectivity index (χ0n) is 9.20. The molecule has 1 amide bonds. The van der Waals surface area contributed by atoms with Crippen molar-refractivity contribution in [2.75, 3.05) is 0 Å². The van der Waals surface area contributed by atoms with Crippen LogP contribution in [0, 0.1) is 0 Å². The van der Waals surface area contributed by atoms with E-state index in [1.165, 1.54) is 6.20 Å². The SMILES string of the molecule is CCC(C(=O)NC(C)C)n1cc(Cl)cn1. The molecular weight excluding hydrogens is 214 g/mol. The molecule has 0 fully saturated rings. The van der Waals surface area contributed by atoms with E-state index >= 15 is 0 Å². The molecule has 0 aliphatic rings. The van der Waals surface area contributed by atoms with Crippen molar-refractivity contribution in [2.24, 2.45) is 0 Å². The Hall–Kier alpha value is -1.03. The number of nitrogens with one attached hydrogen (secondary N) is 1. The minimum Gasteiger partial charge on any atom is -0.352 e. The van der Waals surface area contributed by atoms with Crippen LogP contribution < -0.4 is 5.32 Å². The largest absolute Gasteiger partial charge is 0.352 e. The second kappa shape index (κ2) is 5.16. The maximum atomic E-state index is 11.8. The molecule has 0 aliphatic heterocycles. The molecule has 1 unspecified atom stereocenters. The third-order valence-corrected chi connectivity index (χ3v) is 2.20. The Morgan fingerprint density at radius 2 is 2.33 bits per heavy atom. The zero-order valence-corrected chi connectivity index (χ0v) is 9.95. The Balaban J connectivity index is 2.75. The van der Waals surface area contributed by atoms with Gasteiger partial charge in [0.15, 0.2) is 0 Å². The van der Waals surface area contributed by atoms with Gasteiger partial charge in [-0.25, -0.2) is 0 Å². The van der Waals surface area contributed by atoms with Crippen molar-refractivity contribution in [1.82, 2.24) is 15.1 Å². The first-order valence-electron chi connectivity index (χ1n) is 5.04. The van der Waals surface area contributed by atoms with Crippen molar-refractivity contribution in [1.29, 1.82) is 0 Å². The summed E-state index contributed by atoms with van der Waals surface area (Å²) in [6.07, 6.45) is 3.89. The third kappa shape index (κ3) is 3.23. The highest BCUT2D eigenvalue weighted by Gasteiger charge is 2.19. The molecule has 1 rings (SSSR count). The molecule has 0 saturated heterocycles. The number of halogens is 1. The minimum atomic E-state index is -0.278. The van der Waals surface area contributed by atoms with E-state index in [-0.39, 0.29) is 18.0 Å². The molecule has 5 heteroatoms. The first kappa shape index (κ1) is 12.0. The fraction of sp³-hybridized carbons (Fsp3) is 0.600. The topological polar surface area (TPSA) is 46.9 Å². The summed E-state index contributed by atoms with van der Waals surface area (Å²) in [5.74, 6) is -0.0210. The highest BCUT2D eigenvalue weighted by Crippen LogP contribution is 2.14. The standard InChI is InChI=1S/C10H16ClN3O/c1-4-9(10(15)13-7(2)3)14-6-8(11)5-12-14/h5-7,9H,4H2,1-3H3,(H,13,15). The van der Waals surface area contributed by atoms with Crippen LogP contribution in [-0.2, 0) is 4.79 Å². The maximum absolute atomic E-state index is 11.8. The normalized spacial score (nSPS) is 12.9. The van der Waals surface area contributed by atoms with Gasteiger partial charge >= 0.3 is 0 Å². The maximum Gasteiger partial charge on any atom is 0.245 e. The number of carbonyl (C=O) groups is 1. The molecule has 0 radical (unpaired) electrons. The van der Waals surface area contributed by atoms with Crippen LogP contribution in [0.2, 0.25) is 5.02 Å². The number of hydrogen-bond donors (Lipinski definition) is 1. The number of nitrogens with zero attached hydrogens (tertiary/aromatic N) is 2. The predicted octanol–water partition coefficient (Wildman–Crippen LogP) is 2.01. The molecule has 0 aromatic carbocycles. The smallest absolute Gasteiger partial charge is 0.245 e. The number of amides is 1. The van der Waals surface area contributed by atoms with Gasteiger partial charge in [-0.3, -0.25) is 9.48 Å². The second-order valence-electron chi connectivity index (χ2n) is 3.73. The van der Waals surface area contributed by atoms with E-state index in [1.54, 1.807) is 10.9 Å². The Kier molecular flexibility index (Phi) is 4.15. The van der Waals surface area contributed by atoms with E-state index in [4.69, 9.17) is 11.6 Å². The Morgan fingerprint density at radius 1 is 1.67 bits per heavy atom. The van der Waals surface area contributed by atoms with Gasteiger partial charge in [-0.15, -0.1) is 0 Å². The lowest BCUT2D eigenvalue weighted by atomic mass is 10.2. The lowest BCUT2D eigenvalue weighted by molar-refractivity contribution is -0.125. The summed E-state index contributed by atoms with van der Waals surface area (Å²) in [6.45, 7) is 5.81. The average molecular weight is 230 g/mol. The first-order valence-corrected chi connectivity index (χ1v) is 5.42. The van der Waals surface area contributed by atoms with Crippen LogP contribution in [0.4, 0.5) is 0 Å². The van der Waals surface area contributed by atoms with Crippen LogP contribution in [0.5, 0.6) is 0 Å². The quantitative estimate of drug-likeness (QED) is 0.859. The Bertz CT molecular complexity index is 335. The molecule has 0 spiro atoms. The van der Waals surface area contributed by atoms with E-state index in [1.807, 2.05) is 20.8 Å². The molecule has 0 aliphatic carbocycles. The van der Waals surface area contributed by atoms with Gasteiger partial charge in [0, 0.05) is 12.2 Å². The van der Waals surface area contributed by atoms with Crippen LogP contribution in [-0.4, -0.2) is 21.7 Å². The molecule has 15 heavy (non-hydrogen) atoms. The van der Waals surface area contributed by atoms with Crippen LogP contribution >= 0.6 is 11.6 Å². The van der Waals surface area contributed by atoms with E-state index in [0.717, 1.165) is 0 Å². The van der Waals surface area contributed by atoms with Crippen molar-refractivity contribution in [3.63, 3.8) is 0 Å². The van der Waals surface area contributed by atoms with Crippen molar-refractivity contribution in [3.8, 4) is 0 Å². The van der Waals surface area contributed by atoms with E-state index < -0.39 is 0 Å². The number of carbonyl (C=O) groups excluding carboxylic acids is 1. The number of hydrogen-bond acceptors (Lipinski definition) is 2. The number of aromatic nitrogens is 2. The van der Waals surface area contributed by atoms with Crippen LogP contribution in [0.25, 0.3) is 0 Å². The van der Waals surface area contributed by atoms with Gasteiger partial charge in [0.25, 0.3) is 0 Å². The number of rotatable bonds is 4. The highest BCUT2D eigenvalue weighted by molar-refractivity contribution is 6.30. The summed E-state index contributed by atoms with van der Waals surface area (Å²) < 4.78 is 1.60. The van der Waals surface area contributed by atoms with Gasteiger partial charge in [0.1, 0.15) is 6.04 Å². The monoisotopic (exact) mass is 229 g/mol. The molecule has 1 aromatic rings. The van der Waals surface area contributed by atoms with Gasteiger partial charge in [0.2, 0.25) is 5.91 Å². The van der Waals surface area contributed by atoms with Gasteiger partial charge in [0.05, 0.1) is 11.2 Å². The fourth-order valence-electron chi connectivity index (χ4n) is 1.36. The molecule has 0 saturated carbocycles. The third-order valence-electron chi connectivity index (χ3n) is 2.01. The Morgan fingerprint density at radius 3 is 2.73 bits per heavy atom. The molecule has 1 heterocycles. The zero-order chi connectivity index (χ0) is 11.4.